The topological polar surface area (TPSA) is 59.7 Å². The Morgan fingerprint density at radius 3 is 2.62 bits per heavy atom. The van der Waals surface area contributed by atoms with Crippen LogP contribution in [0.4, 0.5) is 0 Å². The lowest BCUT2D eigenvalue weighted by molar-refractivity contribution is 0.0727. The van der Waals surface area contributed by atoms with E-state index in [-0.39, 0.29) is 11.9 Å². The van der Waals surface area contributed by atoms with Crippen LogP contribution in [0.2, 0.25) is 0 Å². The summed E-state index contributed by atoms with van der Waals surface area (Å²) in [7, 11) is 1.67. The number of carbonyl (C=O) groups is 1. The highest BCUT2D eigenvalue weighted by Crippen LogP contribution is 2.34. The zero-order valence-corrected chi connectivity index (χ0v) is 18.6. The second-order valence-electron chi connectivity index (χ2n) is 8.40. The highest BCUT2D eigenvalue weighted by atomic mass is 16.5. The summed E-state index contributed by atoms with van der Waals surface area (Å²) in [6.07, 6.45) is 5.62. The van der Waals surface area contributed by atoms with Gasteiger partial charge in [-0.05, 0) is 79.8 Å². The number of aromatic nitrogens is 3. The first-order chi connectivity index (χ1) is 15.5. The van der Waals surface area contributed by atoms with Crippen LogP contribution in [0.5, 0.6) is 5.75 Å². The average Bonchev–Trinajstić information content (AvgIpc) is 3.45. The first-order valence-corrected chi connectivity index (χ1v) is 10.9. The van der Waals surface area contributed by atoms with Crippen LogP contribution in [0.3, 0.4) is 0 Å². The number of aryl methyl sites for hydroxylation is 2. The molecule has 0 N–H and O–H groups in total. The summed E-state index contributed by atoms with van der Waals surface area (Å²) in [6.45, 7) is 4.74. The van der Waals surface area contributed by atoms with Crippen LogP contribution in [0.25, 0.3) is 16.8 Å². The monoisotopic (exact) mass is 426 g/mol. The van der Waals surface area contributed by atoms with Crippen LogP contribution < -0.4 is 4.74 Å². The van der Waals surface area contributed by atoms with Crippen molar-refractivity contribution in [3.63, 3.8) is 0 Å². The van der Waals surface area contributed by atoms with Gasteiger partial charge in [-0.15, -0.1) is 0 Å². The molecule has 162 valence electrons. The van der Waals surface area contributed by atoms with Crippen molar-refractivity contribution in [3.8, 4) is 16.9 Å². The number of methoxy groups -OCH3 is 1. The highest BCUT2D eigenvalue weighted by molar-refractivity contribution is 5.93. The van der Waals surface area contributed by atoms with Crippen LogP contribution in [-0.4, -0.2) is 38.8 Å². The Kier molecular flexibility index (Phi) is 5.13. The van der Waals surface area contributed by atoms with Crippen molar-refractivity contribution in [2.75, 3.05) is 13.7 Å². The van der Waals surface area contributed by atoms with Gasteiger partial charge in [0.15, 0.2) is 0 Å². The number of hydrogen-bond acceptors (Lipinski definition) is 4. The third kappa shape index (κ3) is 3.73. The van der Waals surface area contributed by atoms with E-state index in [1.807, 2.05) is 71.9 Å². The molecule has 0 spiro atoms. The molecule has 0 saturated carbocycles. The number of ether oxygens (including phenoxy) is 1. The molecule has 5 rings (SSSR count). The van der Waals surface area contributed by atoms with E-state index in [0.717, 1.165) is 52.3 Å². The fourth-order valence-electron chi connectivity index (χ4n) is 4.47. The van der Waals surface area contributed by atoms with Gasteiger partial charge >= 0.3 is 0 Å². The molecule has 3 aromatic heterocycles. The number of hydrogen-bond donors (Lipinski definition) is 0. The average molecular weight is 427 g/mol. The quantitative estimate of drug-likeness (QED) is 0.461. The second-order valence-corrected chi connectivity index (χ2v) is 8.40. The van der Waals surface area contributed by atoms with Crippen LogP contribution in [0.15, 0.2) is 60.9 Å². The van der Waals surface area contributed by atoms with Crippen LogP contribution >= 0.6 is 0 Å². The lowest BCUT2D eigenvalue weighted by atomic mass is 10.0. The first kappa shape index (κ1) is 20.2. The SMILES string of the molecule is COc1ccc(-c2cc(C)nc([C@@H]3CCCN3C(=O)c3cn4ccc(C)cc4n3)c2)cc1. The van der Waals surface area contributed by atoms with Crippen molar-refractivity contribution in [1.29, 1.82) is 0 Å². The molecule has 0 aliphatic carbocycles. The van der Waals surface area contributed by atoms with Gasteiger partial charge in [0.2, 0.25) is 0 Å². The van der Waals surface area contributed by atoms with Gasteiger partial charge in [0, 0.05) is 24.6 Å². The summed E-state index contributed by atoms with van der Waals surface area (Å²) >= 11 is 0. The number of amides is 1. The molecule has 1 atom stereocenters. The molecule has 1 amide bonds. The van der Waals surface area contributed by atoms with Crippen molar-refractivity contribution in [3.05, 3.63) is 83.6 Å². The number of nitrogens with zero attached hydrogens (tertiary/aromatic N) is 4. The molecular weight excluding hydrogens is 400 g/mol. The Hall–Kier alpha value is -3.67. The van der Waals surface area contributed by atoms with E-state index in [1.54, 1.807) is 7.11 Å². The fourth-order valence-corrected chi connectivity index (χ4v) is 4.47. The van der Waals surface area contributed by atoms with E-state index in [4.69, 9.17) is 9.72 Å². The van der Waals surface area contributed by atoms with Crippen molar-refractivity contribution < 1.29 is 9.53 Å². The Labute approximate surface area is 187 Å². The summed E-state index contributed by atoms with van der Waals surface area (Å²) in [5.74, 6) is 0.790. The minimum atomic E-state index is -0.0500. The number of benzene rings is 1. The van der Waals surface area contributed by atoms with E-state index in [1.165, 1.54) is 0 Å². The van der Waals surface area contributed by atoms with Crippen LogP contribution in [-0.2, 0) is 0 Å². The normalized spacial score (nSPS) is 16.0. The molecule has 1 saturated heterocycles. The number of likely N-dealkylation sites (tertiary alicyclic amines) is 1. The summed E-state index contributed by atoms with van der Waals surface area (Å²) in [6, 6.07) is 16.2. The van der Waals surface area contributed by atoms with E-state index in [0.29, 0.717) is 12.2 Å². The highest BCUT2D eigenvalue weighted by Gasteiger charge is 2.33. The Morgan fingerprint density at radius 2 is 1.84 bits per heavy atom. The molecule has 1 aliphatic rings. The van der Waals surface area contributed by atoms with Gasteiger partial charge in [-0.25, -0.2) is 4.98 Å². The van der Waals surface area contributed by atoms with Crippen molar-refractivity contribution in [1.82, 2.24) is 19.3 Å². The van der Waals surface area contributed by atoms with E-state index < -0.39 is 0 Å². The van der Waals surface area contributed by atoms with E-state index >= 15 is 0 Å². The van der Waals surface area contributed by atoms with Gasteiger partial charge in [-0.3, -0.25) is 9.78 Å². The molecule has 1 aromatic carbocycles. The maximum absolute atomic E-state index is 13.4. The Morgan fingerprint density at radius 1 is 1.03 bits per heavy atom. The minimum Gasteiger partial charge on any atom is -0.497 e. The predicted molar refractivity (Wildman–Crippen MR) is 124 cm³/mol. The maximum atomic E-state index is 13.4. The number of rotatable bonds is 4. The largest absolute Gasteiger partial charge is 0.497 e. The number of imidazole rings is 1. The van der Waals surface area contributed by atoms with Gasteiger partial charge < -0.3 is 14.0 Å². The molecule has 1 aliphatic heterocycles. The molecule has 4 heterocycles. The smallest absolute Gasteiger partial charge is 0.274 e. The van der Waals surface area contributed by atoms with Gasteiger partial charge in [-0.1, -0.05) is 12.1 Å². The molecule has 6 heteroatoms. The molecular formula is C26H26N4O2. The first-order valence-electron chi connectivity index (χ1n) is 10.9. The van der Waals surface area contributed by atoms with Crippen molar-refractivity contribution >= 4 is 11.6 Å². The Balaban J connectivity index is 1.46. The van der Waals surface area contributed by atoms with Gasteiger partial charge in [0.1, 0.15) is 17.1 Å². The zero-order valence-electron chi connectivity index (χ0n) is 18.6. The number of carbonyl (C=O) groups excluding carboxylic acids is 1. The van der Waals surface area contributed by atoms with E-state index in [2.05, 4.69) is 17.1 Å². The summed E-state index contributed by atoms with van der Waals surface area (Å²) in [5.41, 5.74) is 6.46. The molecule has 0 unspecified atom stereocenters. The third-order valence-corrected chi connectivity index (χ3v) is 6.09. The summed E-state index contributed by atoms with van der Waals surface area (Å²) in [4.78, 5) is 24.7. The van der Waals surface area contributed by atoms with Crippen LogP contribution in [0.1, 0.15) is 46.3 Å². The predicted octanol–water partition coefficient (Wildman–Crippen LogP) is 5.00. The van der Waals surface area contributed by atoms with Crippen molar-refractivity contribution in [2.24, 2.45) is 0 Å². The maximum Gasteiger partial charge on any atom is 0.274 e. The molecule has 32 heavy (non-hydrogen) atoms. The van der Waals surface area contributed by atoms with Gasteiger partial charge in [0.25, 0.3) is 5.91 Å². The van der Waals surface area contributed by atoms with Crippen LogP contribution in [0, 0.1) is 13.8 Å². The van der Waals surface area contributed by atoms with Gasteiger partial charge in [-0.2, -0.15) is 0 Å². The minimum absolute atomic E-state index is 0.0387. The zero-order chi connectivity index (χ0) is 22.2. The summed E-state index contributed by atoms with van der Waals surface area (Å²) < 4.78 is 7.18. The van der Waals surface area contributed by atoms with E-state index in [9.17, 15) is 4.79 Å². The van der Waals surface area contributed by atoms with Gasteiger partial charge in [0.05, 0.1) is 18.8 Å². The summed E-state index contributed by atoms with van der Waals surface area (Å²) in [5, 5.41) is 0. The standard InChI is InChI=1S/C26H26N4O2/c1-17-10-12-29-16-23(28-25(29)13-17)26(31)30-11-4-5-24(30)22-15-20(14-18(2)27-22)19-6-8-21(32-3)9-7-19/h6-10,12-16,24H,4-5,11H2,1-3H3/t24-/m0/s1. The number of fused-ring (bicyclic) bond motifs is 1. The molecule has 6 nitrogen and oxygen atoms in total. The Bertz CT molecular complexity index is 1290. The lowest BCUT2D eigenvalue weighted by Gasteiger charge is -2.24. The molecule has 0 radical (unpaired) electrons. The molecule has 1 fully saturated rings. The molecule has 0 bridgehead atoms. The second kappa shape index (κ2) is 8.11. The number of pyridine rings is 2. The third-order valence-electron chi connectivity index (χ3n) is 6.09. The van der Waals surface area contributed by atoms with Crippen molar-refractivity contribution in [2.45, 2.75) is 32.7 Å². The lowest BCUT2D eigenvalue weighted by Crippen LogP contribution is -2.31. The fraction of sp³-hybridized carbons (Fsp3) is 0.269. The molecule has 4 aromatic rings.